The van der Waals surface area contributed by atoms with Crippen LogP contribution in [0.25, 0.3) is 0 Å². The van der Waals surface area contributed by atoms with Gasteiger partial charge in [-0.3, -0.25) is 9.97 Å². The maximum atomic E-state index is 12.1. The summed E-state index contributed by atoms with van der Waals surface area (Å²) in [5.41, 5.74) is -1.10. The monoisotopic (exact) mass is 901 g/mol. The first kappa shape index (κ1) is 47.9. The Morgan fingerprint density at radius 1 is 0.491 bits per heavy atom. The molecular weight excluding hydrogens is 872 g/mol. The highest BCUT2D eigenvalue weighted by Crippen LogP contribution is 2.33. The number of halogens is 3. The Kier molecular flexibility index (Phi) is 16.6. The van der Waals surface area contributed by atoms with Crippen molar-refractivity contribution in [2.45, 2.75) is 30.9 Å². The summed E-state index contributed by atoms with van der Waals surface area (Å²) in [6.45, 7) is 0.114. The second-order valence-corrected chi connectivity index (χ2v) is 17.9. The van der Waals surface area contributed by atoms with Gasteiger partial charge < -0.3 is 9.47 Å². The molecule has 0 saturated carbocycles. The molecule has 0 spiro atoms. The molecule has 0 fully saturated rings. The number of hydrogen-bond donors (Lipinski definition) is 5. The van der Waals surface area contributed by atoms with E-state index in [1.807, 2.05) is 0 Å². The minimum Gasteiger partial charge on any atom is -0.454 e. The van der Waals surface area contributed by atoms with E-state index in [2.05, 4.69) is 25.1 Å². The van der Waals surface area contributed by atoms with Gasteiger partial charge in [0.2, 0.25) is 36.9 Å². The first-order valence-electron chi connectivity index (χ1n) is 14.4. The minimum atomic E-state index is -4.61. The number of aromatic nitrogens is 4. The maximum Gasteiger partial charge on any atom is 0.416 e. The topological polar surface area (TPSA) is 371 Å². The van der Waals surface area contributed by atoms with Crippen LogP contribution in [0.5, 0.6) is 11.5 Å². The van der Waals surface area contributed by atoms with Gasteiger partial charge in [-0.15, -0.1) is 0 Å². The summed E-state index contributed by atoms with van der Waals surface area (Å²) in [5.74, 6) is 0.943. The van der Waals surface area contributed by atoms with Gasteiger partial charge in [0.1, 0.15) is 4.90 Å². The zero-order chi connectivity index (χ0) is 43.3. The van der Waals surface area contributed by atoms with Crippen molar-refractivity contribution in [1.29, 1.82) is 0 Å². The number of ether oxygens (including phenoxy) is 2. The van der Waals surface area contributed by atoms with Crippen molar-refractivity contribution in [2.75, 3.05) is 6.79 Å². The third-order valence-corrected chi connectivity index (χ3v) is 10.3. The SMILES string of the molecule is NS(=O)(=O)c1cc(C(F)(F)F)ccn1.NS(=O)(=O)c1ccc2c(c1)OCO2.NS(=O)(=O)c1ccccn1.NS(=O)(=O)c1cccnc1.NS(=O)(=O)c1ccncc1. The predicted octanol–water partition coefficient (Wildman–Crippen LogP) is -0.00250. The summed E-state index contributed by atoms with van der Waals surface area (Å²) < 4.78 is 153. The fraction of sp³-hybridized carbons (Fsp3) is 0.0714. The summed E-state index contributed by atoms with van der Waals surface area (Å²) in [6, 6.07) is 15.4. The van der Waals surface area contributed by atoms with Crippen LogP contribution in [0.1, 0.15) is 5.56 Å². The van der Waals surface area contributed by atoms with Gasteiger partial charge in [-0.1, -0.05) is 6.07 Å². The summed E-state index contributed by atoms with van der Waals surface area (Å²) in [7, 11) is -18.6. The molecule has 29 heteroatoms. The Morgan fingerprint density at radius 3 is 1.47 bits per heavy atom. The van der Waals surface area contributed by atoms with Crippen LogP contribution in [0.4, 0.5) is 13.2 Å². The van der Waals surface area contributed by atoms with E-state index in [0.29, 0.717) is 23.6 Å². The molecule has 6 rings (SSSR count). The highest BCUT2D eigenvalue weighted by atomic mass is 32.2. The number of nitrogens with zero attached hydrogens (tertiary/aromatic N) is 4. The van der Waals surface area contributed by atoms with E-state index in [4.69, 9.17) is 30.0 Å². The van der Waals surface area contributed by atoms with E-state index in [9.17, 15) is 55.3 Å². The first-order chi connectivity index (χ1) is 26.1. The lowest BCUT2D eigenvalue weighted by atomic mass is 10.3. The number of primary sulfonamides is 5. The van der Waals surface area contributed by atoms with Crippen LogP contribution in [-0.4, -0.2) is 68.8 Å². The zero-order valence-corrected chi connectivity index (χ0v) is 32.4. The number of nitrogens with two attached hydrogens (primary N) is 5. The van der Waals surface area contributed by atoms with Crippen molar-refractivity contribution >= 4 is 50.1 Å². The van der Waals surface area contributed by atoms with Crippen molar-refractivity contribution < 1.29 is 64.7 Å². The largest absolute Gasteiger partial charge is 0.454 e. The minimum absolute atomic E-state index is 0.0248. The van der Waals surface area contributed by atoms with Crippen LogP contribution in [0.15, 0.2) is 135 Å². The Hall–Kier alpha value is -5.24. The molecule has 0 saturated heterocycles. The molecule has 10 N–H and O–H groups in total. The molecule has 5 aromatic rings. The van der Waals surface area contributed by atoms with Crippen LogP contribution in [0, 0.1) is 0 Å². The highest BCUT2D eigenvalue weighted by molar-refractivity contribution is 7.90. The molecule has 21 nitrogen and oxygen atoms in total. The Morgan fingerprint density at radius 2 is 1.05 bits per heavy atom. The van der Waals surface area contributed by atoms with Gasteiger partial charge in [-0.05, 0) is 60.7 Å². The number of pyridine rings is 4. The van der Waals surface area contributed by atoms with Gasteiger partial charge >= 0.3 is 6.18 Å². The summed E-state index contributed by atoms with van der Waals surface area (Å²) in [6.07, 6.45) is 2.94. The quantitative estimate of drug-likeness (QED) is 0.155. The molecule has 57 heavy (non-hydrogen) atoms. The van der Waals surface area contributed by atoms with E-state index in [1.54, 1.807) is 12.1 Å². The maximum absolute atomic E-state index is 12.1. The normalized spacial score (nSPS) is 12.4. The fourth-order valence-electron chi connectivity index (χ4n) is 3.35. The van der Waals surface area contributed by atoms with Crippen LogP contribution in [0.3, 0.4) is 0 Å². The molecule has 0 atom stereocenters. The average Bonchev–Trinajstić information content (AvgIpc) is 3.60. The highest BCUT2D eigenvalue weighted by Gasteiger charge is 2.31. The third-order valence-electron chi connectivity index (χ3n) is 5.90. The predicted molar refractivity (Wildman–Crippen MR) is 191 cm³/mol. The number of alkyl halides is 3. The molecule has 0 amide bonds. The van der Waals surface area contributed by atoms with Crippen molar-refractivity contribution in [3.05, 3.63) is 116 Å². The van der Waals surface area contributed by atoms with E-state index < -0.39 is 66.9 Å². The molecule has 0 aliphatic carbocycles. The summed E-state index contributed by atoms with van der Waals surface area (Å²) >= 11 is 0. The standard InChI is InChI=1S/C7H7NO4S.C6H5F3N2O2S.3C5H6N2O2S/c8-13(9,10)5-1-2-6-7(3-5)12-4-11-6;7-6(8,9)4-1-2-11-5(3-4)14(10,12)13;6-10(8,9)5-1-3-7-4-2-5;6-10(8,9)5-2-1-3-7-4-5;6-10(8,9)5-3-1-2-4-7-5/h1-3H,4H2,(H2,8,9,10);1-3H,(H2,10,12,13);3*1-4H,(H2,6,8,9). The third kappa shape index (κ3) is 17.2. The number of rotatable bonds is 5. The molecule has 310 valence electrons. The molecule has 0 unspecified atom stereocenters. The Bertz CT molecular complexity index is 2510. The van der Waals surface area contributed by atoms with E-state index >= 15 is 0 Å². The van der Waals surface area contributed by atoms with Gasteiger partial charge in [0.05, 0.1) is 15.4 Å². The van der Waals surface area contributed by atoms with Gasteiger partial charge in [-0.25, -0.2) is 77.8 Å². The van der Waals surface area contributed by atoms with Gasteiger partial charge in [0.25, 0.3) is 20.0 Å². The van der Waals surface area contributed by atoms with Crippen molar-refractivity contribution in [3.63, 3.8) is 0 Å². The molecule has 0 bridgehead atoms. The second-order valence-electron chi connectivity index (χ2n) is 10.2. The van der Waals surface area contributed by atoms with Gasteiger partial charge in [-0.2, -0.15) is 13.2 Å². The van der Waals surface area contributed by atoms with Crippen LogP contribution in [-0.2, 0) is 56.3 Å². The summed E-state index contributed by atoms with van der Waals surface area (Å²) in [5, 5.41) is 23.0. The fourth-order valence-corrected chi connectivity index (χ4v) is 5.84. The van der Waals surface area contributed by atoms with E-state index in [-0.39, 0.29) is 26.5 Å². The van der Waals surface area contributed by atoms with Crippen LogP contribution < -0.4 is 35.2 Å². The molecule has 0 radical (unpaired) electrons. The van der Waals surface area contributed by atoms with E-state index in [0.717, 1.165) is 6.20 Å². The first-order valence-corrected chi connectivity index (χ1v) is 22.1. The molecule has 1 aliphatic rings. The average molecular weight is 902 g/mol. The Labute approximate surface area is 324 Å². The number of benzene rings is 1. The van der Waals surface area contributed by atoms with Gasteiger partial charge in [0, 0.05) is 43.2 Å². The summed E-state index contributed by atoms with van der Waals surface area (Å²) in [4.78, 5) is 14.1. The lowest BCUT2D eigenvalue weighted by Crippen LogP contribution is -2.15. The lowest BCUT2D eigenvalue weighted by molar-refractivity contribution is -0.137. The van der Waals surface area contributed by atoms with Crippen molar-refractivity contribution in [3.8, 4) is 11.5 Å². The van der Waals surface area contributed by atoms with E-state index in [1.165, 1.54) is 79.5 Å². The number of sulfonamides is 5. The second kappa shape index (κ2) is 19.8. The zero-order valence-electron chi connectivity index (χ0n) is 28.3. The molecule has 4 aromatic heterocycles. The van der Waals surface area contributed by atoms with Crippen LogP contribution >= 0.6 is 0 Å². The molecular formula is C28H30F3N9O12S5. The number of fused-ring (bicyclic) bond motifs is 1. The van der Waals surface area contributed by atoms with Crippen molar-refractivity contribution in [2.24, 2.45) is 25.7 Å². The van der Waals surface area contributed by atoms with Crippen molar-refractivity contribution in [1.82, 2.24) is 19.9 Å². The smallest absolute Gasteiger partial charge is 0.416 e. The van der Waals surface area contributed by atoms with Gasteiger partial charge in [0.15, 0.2) is 21.6 Å². The number of hydrogen-bond acceptors (Lipinski definition) is 16. The van der Waals surface area contributed by atoms with Crippen LogP contribution in [0.2, 0.25) is 0 Å². The molecule has 1 aromatic carbocycles. The lowest BCUT2D eigenvalue weighted by Gasteiger charge is -2.06. The molecule has 5 heterocycles. The Balaban J connectivity index is 0.000000248. The molecule has 1 aliphatic heterocycles.